The third-order valence-corrected chi connectivity index (χ3v) is 15.8. The molecule has 0 atom stereocenters. The van der Waals surface area contributed by atoms with Gasteiger partial charge in [-0.05, 0) is 136 Å². The van der Waals surface area contributed by atoms with Crippen LogP contribution in [0.5, 0.6) is 0 Å². The maximum absolute atomic E-state index is 10.7. The Hall–Kier alpha value is -13.0. The van der Waals surface area contributed by atoms with Gasteiger partial charge in [0.15, 0.2) is 34.5 Å². The van der Waals surface area contributed by atoms with E-state index in [1.165, 1.54) is 0 Å². The first-order valence-corrected chi connectivity index (χ1v) is 27.3. The number of para-hydroxylation sites is 3. The molecule has 0 N–H and O–H groups in total. The average molecular weight is 1090 g/mol. The highest BCUT2D eigenvalue weighted by atomic mass is 15.1. The summed E-state index contributed by atoms with van der Waals surface area (Å²) in [6.45, 7) is 24.1. The first kappa shape index (κ1) is 51.1. The Kier molecular flexibility index (Phi) is 12.6. The van der Waals surface area contributed by atoms with E-state index in [-0.39, 0.29) is 11.6 Å². The molecule has 3 aromatic heterocycles. The quantitative estimate of drug-likeness (QED) is 0.132. The number of hydrogen-bond donors (Lipinski definition) is 0. The topological polar surface area (TPSA) is 133 Å². The minimum Gasteiger partial charge on any atom is -0.308 e. The molecule has 0 fully saturated rings. The van der Waals surface area contributed by atoms with Crippen LogP contribution in [-0.4, -0.2) is 24.1 Å². The zero-order valence-electron chi connectivity index (χ0n) is 45.4. The molecular formula is C75H39N11. The monoisotopic (exact) mass is 1090 g/mol. The summed E-state index contributed by atoms with van der Waals surface area (Å²) in [5.41, 5.74) is 15.9. The van der Waals surface area contributed by atoms with Crippen LogP contribution in [0, 0.1) is 53.7 Å². The van der Waals surface area contributed by atoms with Crippen LogP contribution in [0.15, 0.2) is 237 Å². The van der Waals surface area contributed by atoms with Crippen LogP contribution in [0.1, 0.15) is 16.7 Å². The summed E-state index contributed by atoms with van der Waals surface area (Å²) >= 11 is 0. The molecule has 0 aliphatic carbocycles. The molecule has 3 heterocycles. The Labute approximate surface area is 493 Å². The molecule has 394 valence electrons. The van der Waals surface area contributed by atoms with Crippen LogP contribution in [0.2, 0.25) is 0 Å². The normalized spacial score (nSPS) is 11.0. The minimum atomic E-state index is 0.264. The van der Waals surface area contributed by atoms with E-state index >= 15 is 0 Å². The largest absolute Gasteiger partial charge is 0.308 e. The second-order valence-corrected chi connectivity index (χ2v) is 20.5. The number of aromatic nitrogens is 5. The minimum absolute atomic E-state index is 0.264. The molecule has 11 nitrogen and oxygen atoms in total. The van der Waals surface area contributed by atoms with Gasteiger partial charge in [0.1, 0.15) is 0 Å². The Bertz CT molecular complexity index is 4910. The van der Waals surface area contributed by atoms with E-state index in [1.54, 1.807) is 24.3 Å². The zero-order chi connectivity index (χ0) is 58.4. The zero-order valence-corrected chi connectivity index (χ0v) is 45.4. The van der Waals surface area contributed by atoms with Crippen molar-refractivity contribution in [2.24, 2.45) is 0 Å². The maximum atomic E-state index is 10.7. The van der Waals surface area contributed by atoms with E-state index in [2.05, 4.69) is 84.3 Å². The summed E-state index contributed by atoms with van der Waals surface area (Å²) in [6, 6.07) is 82.6. The van der Waals surface area contributed by atoms with Gasteiger partial charge in [0.25, 0.3) is 0 Å². The summed E-state index contributed by atoms with van der Waals surface area (Å²) in [6.07, 6.45) is 0. The standard InChI is InChI=1S/C75H39N11/c1-79-64-22-12-9-19-55(64)50-28-34-68-59(40-50)58-39-49(54-18-8-7-17-53(54)45-78)27-33-67(58)85(68)71-31-25-46(43-76)37-62(71)74-82-73(48-15-5-4-6-16-48)83-75(84-74)63-38-47(44-77)26-32-72(63)86-69-35-29-51(56-20-10-13-23-65(56)80-2)41-60(69)61-42-52(30-36-70(61)86)57-21-11-14-24-66(57)81-3/h4-42H. The third-order valence-electron chi connectivity index (χ3n) is 15.8. The number of rotatable bonds is 9. The number of hydrogen-bond acceptors (Lipinski definition) is 6. The molecule has 0 saturated heterocycles. The Morgan fingerprint density at radius 3 is 1.03 bits per heavy atom. The van der Waals surface area contributed by atoms with E-state index in [0.717, 1.165) is 88.1 Å². The highest BCUT2D eigenvalue weighted by Crippen LogP contribution is 2.45. The van der Waals surface area contributed by atoms with Crippen molar-refractivity contribution in [2.75, 3.05) is 0 Å². The van der Waals surface area contributed by atoms with Crippen LogP contribution < -0.4 is 0 Å². The molecule has 11 aromatic carbocycles. The van der Waals surface area contributed by atoms with Crippen LogP contribution >= 0.6 is 0 Å². The highest BCUT2D eigenvalue weighted by molar-refractivity contribution is 6.14. The molecule has 0 radical (unpaired) electrons. The second-order valence-electron chi connectivity index (χ2n) is 20.5. The van der Waals surface area contributed by atoms with Gasteiger partial charge in [-0.15, -0.1) is 0 Å². The van der Waals surface area contributed by atoms with Crippen molar-refractivity contribution in [2.45, 2.75) is 0 Å². The predicted octanol–water partition coefficient (Wildman–Crippen LogP) is 19.0. The Morgan fingerprint density at radius 2 is 0.651 bits per heavy atom. The van der Waals surface area contributed by atoms with Gasteiger partial charge in [-0.3, -0.25) is 0 Å². The van der Waals surface area contributed by atoms with Gasteiger partial charge in [-0.2, -0.15) is 15.8 Å². The summed E-state index contributed by atoms with van der Waals surface area (Å²) in [4.78, 5) is 27.6. The molecule has 0 unspecified atom stereocenters. The fourth-order valence-electron chi connectivity index (χ4n) is 11.8. The summed E-state index contributed by atoms with van der Waals surface area (Å²) < 4.78 is 4.29. The molecular weight excluding hydrogens is 1050 g/mol. The van der Waals surface area contributed by atoms with Gasteiger partial charge >= 0.3 is 0 Å². The van der Waals surface area contributed by atoms with Crippen molar-refractivity contribution < 1.29 is 0 Å². The van der Waals surface area contributed by atoms with Gasteiger partial charge in [0.2, 0.25) is 0 Å². The fraction of sp³-hybridized carbons (Fsp3) is 0. The van der Waals surface area contributed by atoms with E-state index in [9.17, 15) is 15.8 Å². The number of benzene rings is 11. The lowest BCUT2D eigenvalue weighted by Gasteiger charge is -2.17. The van der Waals surface area contributed by atoms with Crippen LogP contribution in [-0.2, 0) is 0 Å². The van der Waals surface area contributed by atoms with Gasteiger partial charge in [0.05, 0.1) is 88.1 Å². The lowest BCUT2D eigenvalue weighted by Crippen LogP contribution is -2.06. The smallest absolute Gasteiger partial charge is 0.194 e. The average Bonchev–Trinajstić information content (AvgIpc) is 1.63. The van der Waals surface area contributed by atoms with Gasteiger partial charge in [-0.1, -0.05) is 146 Å². The first-order valence-electron chi connectivity index (χ1n) is 27.3. The fourth-order valence-corrected chi connectivity index (χ4v) is 11.8. The number of fused-ring (bicyclic) bond motifs is 6. The van der Waals surface area contributed by atoms with E-state index in [4.69, 9.17) is 34.7 Å². The Balaban J connectivity index is 1.03. The maximum Gasteiger partial charge on any atom is 0.194 e. The van der Waals surface area contributed by atoms with E-state index in [1.807, 2.05) is 170 Å². The lowest BCUT2D eigenvalue weighted by molar-refractivity contribution is 1.06. The highest BCUT2D eigenvalue weighted by Gasteiger charge is 2.25. The van der Waals surface area contributed by atoms with Crippen molar-refractivity contribution in [1.29, 1.82) is 15.8 Å². The SMILES string of the molecule is [C-]#[N+]c1ccccc1-c1ccc2c(c1)c1cc(-c3ccccc3C#N)ccc1n2-c1ccc(C#N)cc1-c1nc(-c2ccccc2)nc(-c2cc(C#N)ccc2-n2c3ccc(-c4ccccc4[N+]#[C-])cc3c3cc(-c4ccccc4[N+]#[C-])ccc32)n1. The number of nitriles is 3. The predicted molar refractivity (Wildman–Crippen MR) is 339 cm³/mol. The van der Waals surface area contributed by atoms with Crippen molar-refractivity contribution in [1.82, 2.24) is 24.1 Å². The van der Waals surface area contributed by atoms with Crippen LogP contribution in [0.3, 0.4) is 0 Å². The first-order chi connectivity index (χ1) is 42.4. The molecule has 0 aliphatic rings. The molecule has 0 bridgehead atoms. The van der Waals surface area contributed by atoms with Gasteiger partial charge in [-0.25, -0.2) is 29.5 Å². The second kappa shape index (κ2) is 21.1. The molecule has 86 heavy (non-hydrogen) atoms. The van der Waals surface area contributed by atoms with Crippen molar-refractivity contribution >= 4 is 60.7 Å². The molecule has 14 rings (SSSR count). The summed E-state index contributed by atoms with van der Waals surface area (Å²) in [5.74, 6) is 0.882. The third kappa shape index (κ3) is 8.60. The molecule has 0 amide bonds. The van der Waals surface area contributed by atoms with E-state index in [0.29, 0.717) is 67.6 Å². The van der Waals surface area contributed by atoms with E-state index < -0.39 is 0 Å². The molecule has 11 heteroatoms. The van der Waals surface area contributed by atoms with Crippen LogP contribution in [0.25, 0.3) is 148 Å². The van der Waals surface area contributed by atoms with Gasteiger partial charge in [0, 0.05) is 38.2 Å². The van der Waals surface area contributed by atoms with Gasteiger partial charge < -0.3 is 9.13 Å². The summed E-state index contributed by atoms with van der Waals surface area (Å²) in [5, 5.41) is 35.2. The molecule has 0 saturated carbocycles. The molecule has 14 aromatic rings. The van der Waals surface area contributed by atoms with Crippen molar-refractivity contribution in [3.8, 4) is 108 Å². The number of nitrogens with zero attached hydrogens (tertiary/aromatic N) is 11. The Morgan fingerprint density at radius 1 is 0.302 bits per heavy atom. The molecule has 0 aliphatic heterocycles. The lowest BCUT2D eigenvalue weighted by atomic mass is 9.97. The van der Waals surface area contributed by atoms with Crippen molar-refractivity contribution in [3.05, 3.63) is 288 Å². The summed E-state index contributed by atoms with van der Waals surface area (Å²) in [7, 11) is 0. The van der Waals surface area contributed by atoms with Crippen LogP contribution in [0.4, 0.5) is 17.1 Å². The molecule has 0 spiro atoms. The van der Waals surface area contributed by atoms with Crippen molar-refractivity contribution in [3.63, 3.8) is 0 Å².